The molecule has 0 saturated carbocycles. The number of carbonyl (C=O) groups excluding carboxylic acids is 2. The third-order valence-corrected chi connectivity index (χ3v) is 3.95. The van der Waals surface area contributed by atoms with Gasteiger partial charge in [-0.15, -0.1) is 10.0 Å². The van der Waals surface area contributed by atoms with E-state index in [4.69, 9.17) is 10.5 Å². The second-order valence-corrected chi connectivity index (χ2v) is 5.56. The summed E-state index contributed by atoms with van der Waals surface area (Å²) in [5, 5.41) is 39.9. The fourth-order valence-electron chi connectivity index (χ4n) is 2.80. The Labute approximate surface area is 154 Å². The van der Waals surface area contributed by atoms with Crippen LogP contribution in [0.2, 0.25) is 0 Å². The zero-order valence-electron chi connectivity index (χ0n) is 14.7. The van der Waals surface area contributed by atoms with Gasteiger partial charge in [0.15, 0.2) is 10.1 Å². The van der Waals surface area contributed by atoms with Crippen LogP contribution in [0.1, 0.15) is 26.7 Å². The van der Waals surface area contributed by atoms with E-state index in [1.165, 1.54) is 0 Å². The van der Waals surface area contributed by atoms with Gasteiger partial charge in [-0.1, -0.05) is 0 Å². The summed E-state index contributed by atoms with van der Waals surface area (Å²) >= 11 is 0. The first kappa shape index (κ1) is 21.4. The zero-order valence-corrected chi connectivity index (χ0v) is 14.7. The molecule has 0 unspecified atom stereocenters. The van der Waals surface area contributed by atoms with Crippen molar-refractivity contribution in [3.8, 4) is 12.1 Å². The summed E-state index contributed by atoms with van der Waals surface area (Å²) in [5.41, 5.74) is 0. The first-order valence-corrected chi connectivity index (χ1v) is 7.77. The molecule has 0 radical (unpaired) electrons. The van der Waals surface area contributed by atoms with E-state index in [-0.39, 0.29) is 12.8 Å². The first-order valence-electron chi connectivity index (χ1n) is 7.77. The van der Waals surface area contributed by atoms with Gasteiger partial charge in [0.25, 0.3) is 0 Å². The molecule has 1 aliphatic heterocycles. The molecule has 146 valence electrons. The van der Waals surface area contributed by atoms with Crippen molar-refractivity contribution in [2.75, 3.05) is 19.8 Å². The molecule has 0 spiro atoms. The summed E-state index contributed by atoms with van der Waals surface area (Å²) in [5.74, 6) is -1.28. The molecule has 0 bridgehead atoms. The molecule has 14 nitrogen and oxygen atoms in total. The Kier molecular flexibility index (Phi) is 7.23. The fraction of sp³-hybridized carbons (Fsp3) is 0.692. The van der Waals surface area contributed by atoms with Crippen LogP contribution in [0.5, 0.6) is 0 Å². The maximum absolute atomic E-state index is 12.0. The molecule has 0 N–H and O–H groups in total. The average molecular weight is 382 g/mol. The van der Waals surface area contributed by atoms with E-state index in [1.807, 2.05) is 0 Å². The van der Waals surface area contributed by atoms with Gasteiger partial charge in [0, 0.05) is 13.8 Å². The van der Waals surface area contributed by atoms with E-state index >= 15 is 0 Å². The fourth-order valence-corrected chi connectivity index (χ4v) is 2.80. The van der Waals surface area contributed by atoms with Gasteiger partial charge in [-0.2, -0.15) is 10.5 Å². The zero-order chi connectivity index (χ0) is 20.7. The lowest BCUT2D eigenvalue weighted by Crippen LogP contribution is -2.61. The van der Waals surface area contributed by atoms with Crippen LogP contribution < -0.4 is 0 Å². The molecular formula is C13H18N8O6. The van der Waals surface area contributed by atoms with Crippen molar-refractivity contribution in [2.24, 2.45) is 0 Å². The maximum Gasteiger partial charge on any atom is 0.222 e. The smallest absolute Gasteiger partial charge is 0.222 e. The van der Waals surface area contributed by atoms with Crippen LogP contribution in [0.25, 0.3) is 0 Å². The number of nitriles is 2. The molecule has 0 aromatic carbocycles. The Morgan fingerprint density at radius 2 is 1.30 bits per heavy atom. The molecule has 1 aliphatic rings. The van der Waals surface area contributed by atoms with E-state index in [0.717, 1.165) is 23.6 Å². The number of carbonyl (C=O) groups is 2. The summed E-state index contributed by atoms with van der Waals surface area (Å²) in [6, 6.07) is 3.47. The van der Waals surface area contributed by atoms with E-state index in [1.54, 1.807) is 12.1 Å². The van der Waals surface area contributed by atoms with Gasteiger partial charge in [0.05, 0.1) is 38.1 Å². The third kappa shape index (κ3) is 4.69. The highest BCUT2D eigenvalue weighted by Crippen LogP contribution is 2.28. The highest BCUT2D eigenvalue weighted by Gasteiger charge is 2.55. The SMILES string of the molecule is CC(=O)N1CN(C(C)=O)[C@@H](N(CCC#N)[N+](=O)[O-])[C@H]1N(CCC#N)[N+](=O)[O-]. The number of hydrogen-bond acceptors (Lipinski definition) is 8. The van der Waals surface area contributed by atoms with Crippen LogP contribution in [0.3, 0.4) is 0 Å². The summed E-state index contributed by atoms with van der Waals surface area (Å²) in [6.07, 6.45) is -3.54. The van der Waals surface area contributed by atoms with Gasteiger partial charge in [-0.3, -0.25) is 19.4 Å². The van der Waals surface area contributed by atoms with E-state index in [9.17, 15) is 29.8 Å². The number of hydrogen-bond donors (Lipinski definition) is 0. The predicted molar refractivity (Wildman–Crippen MR) is 85.3 cm³/mol. The largest absolute Gasteiger partial charge is 0.296 e. The quantitative estimate of drug-likeness (QED) is 0.377. The third-order valence-electron chi connectivity index (χ3n) is 3.95. The molecule has 14 heteroatoms. The molecule has 1 saturated heterocycles. The van der Waals surface area contributed by atoms with Crippen molar-refractivity contribution in [3.05, 3.63) is 20.2 Å². The van der Waals surface area contributed by atoms with Crippen molar-refractivity contribution >= 4 is 11.8 Å². The molecule has 1 rings (SSSR count). The highest BCUT2D eigenvalue weighted by atomic mass is 16.7. The number of nitro groups is 2. The predicted octanol–water partition coefficient (Wildman–Crippen LogP) is -0.879. The molecule has 0 aromatic rings. The maximum atomic E-state index is 12.0. The van der Waals surface area contributed by atoms with Crippen LogP contribution in [0, 0.1) is 42.9 Å². The van der Waals surface area contributed by atoms with Gasteiger partial charge >= 0.3 is 0 Å². The molecule has 1 fully saturated rings. The Balaban J connectivity index is 3.49. The number of amides is 2. The summed E-state index contributed by atoms with van der Waals surface area (Å²) < 4.78 is 0. The van der Waals surface area contributed by atoms with E-state index in [2.05, 4.69) is 0 Å². The van der Waals surface area contributed by atoms with Gasteiger partial charge in [-0.05, 0) is 0 Å². The topological polar surface area (TPSA) is 181 Å². The Bertz CT molecular complexity index is 642. The van der Waals surface area contributed by atoms with Crippen molar-refractivity contribution in [3.63, 3.8) is 0 Å². The lowest BCUT2D eigenvalue weighted by molar-refractivity contribution is -0.693. The van der Waals surface area contributed by atoms with Crippen molar-refractivity contribution in [1.82, 2.24) is 19.8 Å². The summed E-state index contributed by atoms with van der Waals surface area (Å²) in [7, 11) is 0. The second-order valence-electron chi connectivity index (χ2n) is 5.56. The molecule has 2 amide bonds. The van der Waals surface area contributed by atoms with Gasteiger partial charge in [0.2, 0.25) is 24.1 Å². The number of nitrogens with zero attached hydrogens (tertiary/aromatic N) is 8. The average Bonchev–Trinajstić information content (AvgIpc) is 2.95. The van der Waals surface area contributed by atoms with E-state index < -0.39 is 54.0 Å². The normalized spacial score (nSPS) is 18.4. The minimum absolute atomic E-state index is 0.271. The van der Waals surface area contributed by atoms with Crippen LogP contribution in [0.15, 0.2) is 0 Å². The molecule has 0 aliphatic carbocycles. The lowest BCUT2D eigenvalue weighted by atomic mass is 10.2. The Morgan fingerprint density at radius 3 is 1.52 bits per heavy atom. The van der Waals surface area contributed by atoms with Crippen LogP contribution in [-0.4, -0.2) is 73.8 Å². The lowest BCUT2D eigenvalue weighted by Gasteiger charge is -2.33. The van der Waals surface area contributed by atoms with Crippen LogP contribution >= 0.6 is 0 Å². The summed E-state index contributed by atoms with van der Waals surface area (Å²) in [4.78, 5) is 49.0. The minimum atomic E-state index is -1.50. The summed E-state index contributed by atoms with van der Waals surface area (Å²) in [6.45, 7) is 1.01. The van der Waals surface area contributed by atoms with Gasteiger partial charge < -0.3 is 0 Å². The molecule has 27 heavy (non-hydrogen) atoms. The molecule has 2 atom stereocenters. The highest BCUT2D eigenvalue weighted by molar-refractivity contribution is 5.78. The number of hydrazine groups is 2. The van der Waals surface area contributed by atoms with Crippen molar-refractivity contribution in [2.45, 2.75) is 39.0 Å². The van der Waals surface area contributed by atoms with Crippen LogP contribution in [-0.2, 0) is 9.59 Å². The van der Waals surface area contributed by atoms with Gasteiger partial charge in [-0.25, -0.2) is 20.2 Å². The second kappa shape index (κ2) is 9.14. The van der Waals surface area contributed by atoms with E-state index in [0.29, 0.717) is 10.0 Å². The first-order chi connectivity index (χ1) is 12.7. The van der Waals surface area contributed by atoms with Crippen molar-refractivity contribution < 1.29 is 19.7 Å². The molecule has 0 aromatic heterocycles. The van der Waals surface area contributed by atoms with Gasteiger partial charge in [0.1, 0.15) is 6.67 Å². The standard InChI is InChI=1S/C13H18N8O6/c1-10(22)16-9-17(11(2)23)13(19(21(26)27)8-4-6-15)12(16)18(20(24)25)7-3-5-14/h12-13H,3-4,7-9H2,1-2H3/t12-,13+. The molecular weight excluding hydrogens is 364 g/mol. The molecule has 1 heterocycles. The van der Waals surface area contributed by atoms with Crippen LogP contribution in [0.4, 0.5) is 0 Å². The minimum Gasteiger partial charge on any atom is -0.296 e. The Morgan fingerprint density at radius 1 is 0.963 bits per heavy atom. The van der Waals surface area contributed by atoms with Crippen molar-refractivity contribution in [1.29, 1.82) is 10.5 Å². The Hall–Kier alpha value is -3.68. The monoisotopic (exact) mass is 382 g/mol. The number of rotatable bonds is 8.